The molecule has 98 valence electrons. The fraction of sp³-hybridized carbons (Fsp3) is 0.0714. The average molecular weight is 284 g/mol. The molecule has 1 N–H and O–H groups in total. The Labute approximate surface area is 118 Å². The first-order valence-corrected chi connectivity index (χ1v) is 6.76. The quantitative estimate of drug-likeness (QED) is 0.801. The largest absolute Gasteiger partial charge is 0.377 e. The van der Waals surface area contributed by atoms with Crippen LogP contribution in [-0.2, 0) is 6.54 Å². The van der Waals surface area contributed by atoms with Crippen molar-refractivity contribution in [1.82, 2.24) is 9.97 Å². The lowest BCUT2D eigenvalue weighted by Gasteiger charge is -2.10. The zero-order valence-electron chi connectivity index (χ0n) is 10.3. The summed E-state index contributed by atoms with van der Waals surface area (Å²) in [7, 11) is 0. The minimum absolute atomic E-state index is 0.355. The highest BCUT2D eigenvalue weighted by molar-refractivity contribution is 7.09. The Morgan fingerprint density at radius 3 is 3.00 bits per heavy atom. The van der Waals surface area contributed by atoms with Crippen LogP contribution >= 0.6 is 11.3 Å². The van der Waals surface area contributed by atoms with E-state index in [1.807, 2.05) is 5.38 Å². The molecule has 4 nitrogen and oxygen atoms in total. The van der Waals surface area contributed by atoms with Crippen LogP contribution in [0, 0.1) is 17.1 Å². The molecule has 1 aromatic carbocycles. The molecule has 0 saturated carbocycles. The number of fused-ring (bicyclic) bond motifs is 1. The maximum Gasteiger partial charge on any atom is 0.124 e. The molecule has 0 amide bonds. The molecule has 0 atom stereocenters. The van der Waals surface area contributed by atoms with Gasteiger partial charge in [-0.25, -0.2) is 9.37 Å². The van der Waals surface area contributed by atoms with Crippen LogP contribution in [-0.4, -0.2) is 9.97 Å². The third-order valence-corrected chi connectivity index (χ3v) is 3.63. The van der Waals surface area contributed by atoms with Gasteiger partial charge >= 0.3 is 0 Å². The number of benzene rings is 1. The molecule has 0 bridgehead atoms. The van der Waals surface area contributed by atoms with Gasteiger partial charge in [0, 0.05) is 23.2 Å². The van der Waals surface area contributed by atoms with E-state index < -0.39 is 0 Å². The van der Waals surface area contributed by atoms with Gasteiger partial charge in [-0.05, 0) is 18.2 Å². The van der Waals surface area contributed by atoms with E-state index in [1.165, 1.54) is 29.7 Å². The molecule has 0 aliphatic heterocycles. The van der Waals surface area contributed by atoms with Crippen molar-refractivity contribution in [2.45, 2.75) is 6.54 Å². The smallest absolute Gasteiger partial charge is 0.124 e. The highest BCUT2D eigenvalue weighted by Crippen LogP contribution is 2.27. The molecule has 0 aliphatic carbocycles. The van der Waals surface area contributed by atoms with E-state index in [9.17, 15) is 4.39 Å². The predicted octanol–water partition coefficient (Wildman–Crippen LogP) is 3.31. The highest BCUT2D eigenvalue weighted by atomic mass is 32.1. The predicted molar refractivity (Wildman–Crippen MR) is 75.9 cm³/mol. The molecule has 0 radical (unpaired) electrons. The number of pyridine rings is 1. The summed E-state index contributed by atoms with van der Waals surface area (Å²) in [5.74, 6) is -0.355. The molecular weight excluding hydrogens is 275 g/mol. The number of thiazole rings is 1. The van der Waals surface area contributed by atoms with E-state index in [1.54, 1.807) is 12.3 Å². The summed E-state index contributed by atoms with van der Waals surface area (Å²) in [6, 6.07) is 6.41. The van der Waals surface area contributed by atoms with Crippen molar-refractivity contribution in [3.8, 4) is 6.07 Å². The van der Waals surface area contributed by atoms with Crippen molar-refractivity contribution in [1.29, 1.82) is 5.26 Å². The standard InChI is InChI=1S/C14H9FN4S/c15-10-1-2-12-11(5-10)14(9(6-16)7-18-12)19-8-13-17-3-4-20-13/h1-5,7H,8H2,(H,18,19). The lowest BCUT2D eigenvalue weighted by Crippen LogP contribution is -2.02. The van der Waals surface area contributed by atoms with Crippen molar-refractivity contribution in [2.24, 2.45) is 0 Å². The number of halogens is 1. The van der Waals surface area contributed by atoms with Gasteiger partial charge < -0.3 is 5.32 Å². The average Bonchev–Trinajstić information content (AvgIpc) is 2.97. The number of nitrogens with zero attached hydrogens (tertiary/aromatic N) is 3. The second kappa shape index (κ2) is 5.23. The van der Waals surface area contributed by atoms with Gasteiger partial charge in [-0.2, -0.15) is 5.26 Å². The highest BCUT2D eigenvalue weighted by Gasteiger charge is 2.10. The fourth-order valence-corrected chi connectivity index (χ4v) is 2.50. The summed E-state index contributed by atoms with van der Waals surface area (Å²) >= 11 is 1.52. The molecule has 6 heteroatoms. The Bertz CT molecular complexity index is 793. The van der Waals surface area contributed by atoms with Crippen LogP contribution in [0.3, 0.4) is 0 Å². The summed E-state index contributed by atoms with van der Waals surface area (Å²) in [6.07, 6.45) is 3.21. The van der Waals surface area contributed by atoms with Gasteiger partial charge in [0.15, 0.2) is 0 Å². The molecular formula is C14H9FN4S. The molecule has 3 rings (SSSR count). The zero-order valence-corrected chi connectivity index (χ0v) is 11.1. The minimum Gasteiger partial charge on any atom is -0.377 e. The second-order valence-electron chi connectivity index (χ2n) is 4.10. The molecule has 2 heterocycles. The fourth-order valence-electron chi connectivity index (χ4n) is 1.94. The SMILES string of the molecule is N#Cc1cnc2ccc(F)cc2c1NCc1nccs1. The first-order valence-electron chi connectivity index (χ1n) is 5.88. The molecule has 0 saturated heterocycles. The van der Waals surface area contributed by atoms with Gasteiger partial charge in [0.05, 0.1) is 23.3 Å². The van der Waals surface area contributed by atoms with Gasteiger partial charge in [-0.3, -0.25) is 4.98 Å². The normalized spacial score (nSPS) is 10.4. The Kier molecular flexibility index (Phi) is 3.27. The molecule has 0 aliphatic rings. The molecule has 20 heavy (non-hydrogen) atoms. The topological polar surface area (TPSA) is 61.6 Å². The number of nitrogens with one attached hydrogen (secondary N) is 1. The van der Waals surface area contributed by atoms with Gasteiger partial charge in [0.1, 0.15) is 16.9 Å². The number of aromatic nitrogens is 2. The number of nitriles is 1. The van der Waals surface area contributed by atoms with Gasteiger partial charge in [0.25, 0.3) is 0 Å². The van der Waals surface area contributed by atoms with Crippen molar-refractivity contribution in [3.05, 3.63) is 52.4 Å². The number of hydrogen-bond donors (Lipinski definition) is 1. The third kappa shape index (κ3) is 2.31. The summed E-state index contributed by atoms with van der Waals surface area (Å²) in [5, 5.41) is 15.7. The monoisotopic (exact) mass is 284 g/mol. The Morgan fingerprint density at radius 1 is 1.35 bits per heavy atom. The molecule has 0 spiro atoms. The van der Waals surface area contributed by atoms with Crippen molar-refractivity contribution >= 4 is 27.9 Å². The van der Waals surface area contributed by atoms with E-state index in [0.29, 0.717) is 28.7 Å². The van der Waals surface area contributed by atoms with E-state index in [2.05, 4.69) is 21.4 Å². The van der Waals surface area contributed by atoms with E-state index in [-0.39, 0.29) is 5.82 Å². The first kappa shape index (κ1) is 12.5. The molecule has 3 aromatic rings. The minimum atomic E-state index is -0.355. The van der Waals surface area contributed by atoms with Gasteiger partial charge in [-0.1, -0.05) is 0 Å². The van der Waals surface area contributed by atoms with Crippen molar-refractivity contribution in [2.75, 3.05) is 5.32 Å². The van der Waals surface area contributed by atoms with Crippen molar-refractivity contribution in [3.63, 3.8) is 0 Å². The second-order valence-corrected chi connectivity index (χ2v) is 5.08. The van der Waals surface area contributed by atoms with Gasteiger partial charge in [0.2, 0.25) is 0 Å². The van der Waals surface area contributed by atoms with Crippen LogP contribution in [0.5, 0.6) is 0 Å². The summed E-state index contributed by atoms with van der Waals surface area (Å²) < 4.78 is 13.4. The number of hydrogen-bond acceptors (Lipinski definition) is 5. The van der Waals surface area contributed by atoms with E-state index >= 15 is 0 Å². The summed E-state index contributed by atoms with van der Waals surface area (Å²) in [4.78, 5) is 8.32. The third-order valence-electron chi connectivity index (χ3n) is 2.85. The van der Waals surface area contributed by atoms with Crippen LogP contribution in [0.15, 0.2) is 36.0 Å². The number of rotatable bonds is 3. The van der Waals surface area contributed by atoms with Gasteiger partial charge in [-0.15, -0.1) is 11.3 Å². The molecule has 0 unspecified atom stereocenters. The maximum absolute atomic E-state index is 13.4. The summed E-state index contributed by atoms with van der Waals surface area (Å²) in [5.41, 5.74) is 1.62. The Morgan fingerprint density at radius 2 is 2.25 bits per heavy atom. The zero-order chi connectivity index (χ0) is 13.9. The van der Waals surface area contributed by atoms with E-state index in [4.69, 9.17) is 5.26 Å². The first-order chi connectivity index (χ1) is 9.78. The number of anilines is 1. The van der Waals surface area contributed by atoms with E-state index in [0.717, 1.165) is 5.01 Å². The van der Waals surface area contributed by atoms with Crippen LogP contribution in [0.1, 0.15) is 10.6 Å². The lowest BCUT2D eigenvalue weighted by atomic mass is 10.1. The maximum atomic E-state index is 13.4. The van der Waals surface area contributed by atoms with Crippen LogP contribution in [0.2, 0.25) is 0 Å². The molecule has 2 aromatic heterocycles. The lowest BCUT2D eigenvalue weighted by molar-refractivity contribution is 0.629. The van der Waals surface area contributed by atoms with Crippen LogP contribution in [0.25, 0.3) is 10.9 Å². The Hall–Kier alpha value is -2.52. The molecule has 0 fully saturated rings. The van der Waals surface area contributed by atoms with Crippen molar-refractivity contribution < 1.29 is 4.39 Å². The Balaban J connectivity index is 2.06. The van der Waals surface area contributed by atoms with Crippen LogP contribution in [0.4, 0.5) is 10.1 Å². The summed E-state index contributed by atoms with van der Waals surface area (Å²) in [6.45, 7) is 0.488. The van der Waals surface area contributed by atoms with Crippen LogP contribution < -0.4 is 5.32 Å².